The minimum atomic E-state index is -3.62. The zero-order valence-electron chi connectivity index (χ0n) is 18.3. The number of carbonyl (C=O) groups is 1. The second kappa shape index (κ2) is 9.57. The first kappa shape index (κ1) is 23.1. The lowest BCUT2D eigenvalue weighted by molar-refractivity contribution is -0.134. The first-order chi connectivity index (χ1) is 13.6. The van der Waals surface area contributed by atoms with E-state index in [0.717, 1.165) is 16.8 Å². The fourth-order valence-corrected chi connectivity index (χ4v) is 4.88. The van der Waals surface area contributed by atoms with Gasteiger partial charge in [0.1, 0.15) is 0 Å². The monoisotopic (exact) mass is 419 g/mol. The fraction of sp³-hybridized carbons (Fsp3) is 0.545. The molecule has 0 aliphatic heterocycles. The summed E-state index contributed by atoms with van der Waals surface area (Å²) in [7, 11) is -3.62. The van der Waals surface area contributed by atoms with Gasteiger partial charge < -0.3 is 9.47 Å². The normalized spacial score (nSPS) is 12.0. The molecular formula is C22H33N3O3S. The molecule has 2 rings (SSSR count). The van der Waals surface area contributed by atoms with Gasteiger partial charge in [0.05, 0.1) is 24.2 Å². The number of nitrogens with zero attached hydrogens (tertiary/aromatic N) is 3. The summed E-state index contributed by atoms with van der Waals surface area (Å²) in [5.41, 5.74) is 2.47. The summed E-state index contributed by atoms with van der Waals surface area (Å²) in [6.07, 6.45) is 1.60. The Balaban J connectivity index is 2.42. The molecule has 0 fully saturated rings. The average Bonchev–Trinajstić information content (AvgIpc) is 3.03. The molecule has 0 atom stereocenters. The van der Waals surface area contributed by atoms with Gasteiger partial charge in [-0.2, -0.15) is 0 Å². The van der Waals surface area contributed by atoms with E-state index < -0.39 is 9.84 Å². The van der Waals surface area contributed by atoms with Gasteiger partial charge in [-0.1, -0.05) is 52.0 Å². The molecule has 1 aromatic heterocycles. The number of carbonyl (C=O) groups excluding carboxylic acids is 1. The molecule has 0 spiro atoms. The summed E-state index contributed by atoms with van der Waals surface area (Å²) in [4.78, 5) is 18.5. The Hall–Kier alpha value is -2.15. The summed E-state index contributed by atoms with van der Waals surface area (Å²) in [5.74, 6) is 0.0948. The van der Waals surface area contributed by atoms with Gasteiger partial charge in [0, 0.05) is 19.0 Å². The van der Waals surface area contributed by atoms with Crippen molar-refractivity contribution in [1.82, 2.24) is 14.5 Å². The predicted molar refractivity (Wildman–Crippen MR) is 115 cm³/mol. The van der Waals surface area contributed by atoms with Crippen molar-refractivity contribution in [2.45, 2.75) is 65.5 Å². The lowest BCUT2D eigenvalue weighted by atomic mass is 10.1. The summed E-state index contributed by atoms with van der Waals surface area (Å²) < 4.78 is 28.2. The molecule has 1 aromatic carbocycles. The van der Waals surface area contributed by atoms with Gasteiger partial charge in [0.2, 0.25) is 20.9 Å². The van der Waals surface area contributed by atoms with Gasteiger partial charge in [-0.25, -0.2) is 13.4 Å². The maximum absolute atomic E-state index is 13.2. The molecule has 2 aromatic rings. The topological polar surface area (TPSA) is 72.3 Å². The molecule has 0 saturated carbocycles. The van der Waals surface area contributed by atoms with Crippen LogP contribution in [-0.2, 0) is 33.5 Å². The third kappa shape index (κ3) is 5.69. The number of rotatable bonds is 9. The highest BCUT2D eigenvalue weighted by molar-refractivity contribution is 7.90. The van der Waals surface area contributed by atoms with Crippen LogP contribution in [0.2, 0.25) is 0 Å². The van der Waals surface area contributed by atoms with E-state index in [1.165, 1.54) is 0 Å². The van der Waals surface area contributed by atoms with Crippen LogP contribution in [-0.4, -0.2) is 35.3 Å². The highest BCUT2D eigenvalue weighted by Gasteiger charge is 2.26. The van der Waals surface area contributed by atoms with Crippen LogP contribution in [0.1, 0.15) is 51.4 Å². The van der Waals surface area contributed by atoms with E-state index in [9.17, 15) is 13.2 Å². The molecule has 0 saturated heterocycles. The van der Waals surface area contributed by atoms with Crippen molar-refractivity contribution in [2.24, 2.45) is 11.8 Å². The number of imidazole rings is 1. The highest BCUT2D eigenvalue weighted by Crippen LogP contribution is 2.22. The second-order valence-corrected chi connectivity index (χ2v) is 10.1. The molecule has 0 bridgehead atoms. The van der Waals surface area contributed by atoms with Crippen LogP contribution >= 0.6 is 0 Å². The second-order valence-electron chi connectivity index (χ2n) is 8.23. The van der Waals surface area contributed by atoms with E-state index in [2.05, 4.69) is 4.98 Å². The van der Waals surface area contributed by atoms with Crippen LogP contribution in [0.25, 0.3) is 0 Å². The Labute approximate surface area is 174 Å². The van der Waals surface area contributed by atoms with Crippen molar-refractivity contribution in [1.29, 1.82) is 0 Å². The summed E-state index contributed by atoms with van der Waals surface area (Å²) in [6, 6.07) is 7.49. The Bertz CT molecular complexity index is 946. The van der Waals surface area contributed by atoms with Crippen molar-refractivity contribution in [3.05, 3.63) is 47.3 Å². The summed E-state index contributed by atoms with van der Waals surface area (Å²) in [5, 5.41) is 0.0810. The molecule has 0 unspecified atom stereocenters. The number of hydrogen-bond donors (Lipinski definition) is 0. The first-order valence-electron chi connectivity index (χ1n) is 10.2. The van der Waals surface area contributed by atoms with Crippen molar-refractivity contribution in [3.8, 4) is 0 Å². The van der Waals surface area contributed by atoms with E-state index in [1.807, 2.05) is 65.8 Å². The molecule has 1 heterocycles. The summed E-state index contributed by atoms with van der Waals surface area (Å²) in [6.45, 7) is 13.1. The molecular weight excluding hydrogens is 386 g/mol. The molecule has 0 radical (unpaired) electrons. The number of aryl methyl sites for hydroxylation is 1. The smallest absolute Gasteiger partial charge is 0.228 e. The van der Waals surface area contributed by atoms with Crippen LogP contribution in [0, 0.1) is 18.8 Å². The third-order valence-corrected chi connectivity index (χ3v) is 6.45. The van der Waals surface area contributed by atoms with Crippen molar-refractivity contribution in [3.63, 3.8) is 0 Å². The summed E-state index contributed by atoms with van der Waals surface area (Å²) >= 11 is 0. The number of aromatic nitrogens is 2. The zero-order chi connectivity index (χ0) is 21.8. The van der Waals surface area contributed by atoms with Crippen LogP contribution in [0.4, 0.5) is 0 Å². The van der Waals surface area contributed by atoms with E-state index in [4.69, 9.17) is 0 Å². The number of sulfone groups is 1. The van der Waals surface area contributed by atoms with E-state index >= 15 is 0 Å². The van der Waals surface area contributed by atoms with Crippen LogP contribution in [0.3, 0.4) is 0 Å². The minimum Gasteiger partial charge on any atom is -0.337 e. The standard InChI is InChI=1S/C22H33N3O3S/c1-7-24(21(26)17(4)5)14-20-12-23-22(25(20)13-16(2)3)29(27,28)15-19-11-9-8-10-18(19)6/h8-12,16-17H,7,13-15H2,1-6H3. The van der Waals surface area contributed by atoms with Gasteiger partial charge >= 0.3 is 0 Å². The Morgan fingerprint density at radius 3 is 2.38 bits per heavy atom. The molecule has 7 heteroatoms. The lowest BCUT2D eigenvalue weighted by Crippen LogP contribution is -2.34. The molecule has 0 N–H and O–H groups in total. The van der Waals surface area contributed by atoms with Crippen LogP contribution in [0.15, 0.2) is 35.6 Å². The van der Waals surface area contributed by atoms with E-state index in [-0.39, 0.29) is 28.7 Å². The number of hydrogen-bond acceptors (Lipinski definition) is 4. The minimum absolute atomic E-state index is 0.0501. The molecule has 29 heavy (non-hydrogen) atoms. The predicted octanol–water partition coefficient (Wildman–Crippen LogP) is 3.83. The molecule has 1 amide bonds. The van der Waals surface area contributed by atoms with Gasteiger partial charge in [0.25, 0.3) is 0 Å². The maximum atomic E-state index is 13.2. The Morgan fingerprint density at radius 2 is 1.83 bits per heavy atom. The first-order valence-corrected chi connectivity index (χ1v) is 11.8. The Kier molecular flexibility index (Phi) is 7.63. The number of benzene rings is 1. The largest absolute Gasteiger partial charge is 0.337 e. The van der Waals surface area contributed by atoms with Crippen LogP contribution < -0.4 is 0 Å². The molecule has 160 valence electrons. The average molecular weight is 420 g/mol. The zero-order valence-corrected chi connectivity index (χ0v) is 19.2. The molecule has 0 aliphatic carbocycles. The SMILES string of the molecule is CCN(Cc1cnc(S(=O)(=O)Cc2ccccc2C)n1CC(C)C)C(=O)C(C)C. The van der Waals surface area contributed by atoms with Crippen molar-refractivity contribution in [2.75, 3.05) is 6.54 Å². The van der Waals surface area contributed by atoms with Gasteiger partial charge in [-0.15, -0.1) is 0 Å². The van der Waals surface area contributed by atoms with E-state index in [0.29, 0.717) is 19.6 Å². The fourth-order valence-electron chi connectivity index (χ4n) is 3.27. The van der Waals surface area contributed by atoms with Crippen molar-refractivity contribution >= 4 is 15.7 Å². The van der Waals surface area contributed by atoms with Crippen molar-refractivity contribution < 1.29 is 13.2 Å². The van der Waals surface area contributed by atoms with Gasteiger partial charge in [-0.3, -0.25) is 4.79 Å². The van der Waals surface area contributed by atoms with E-state index in [1.54, 1.807) is 15.7 Å². The quantitative estimate of drug-likeness (QED) is 0.619. The van der Waals surface area contributed by atoms with Gasteiger partial charge in [0.15, 0.2) is 0 Å². The molecule has 6 nitrogen and oxygen atoms in total. The Morgan fingerprint density at radius 1 is 1.17 bits per heavy atom. The number of amides is 1. The highest BCUT2D eigenvalue weighted by atomic mass is 32.2. The molecule has 0 aliphatic rings. The third-order valence-electron chi connectivity index (χ3n) is 4.87. The van der Waals surface area contributed by atoms with Gasteiger partial charge in [-0.05, 0) is 30.9 Å². The van der Waals surface area contributed by atoms with Crippen LogP contribution in [0.5, 0.6) is 0 Å². The maximum Gasteiger partial charge on any atom is 0.228 e. The lowest BCUT2D eigenvalue weighted by Gasteiger charge is -2.24.